The maximum atomic E-state index is 13.1. The van der Waals surface area contributed by atoms with Crippen LogP contribution in [0, 0.1) is 0 Å². The molecule has 1 aromatic heterocycles. The normalized spacial score (nSPS) is 17.9. The SMILES string of the molecule is CC(C(=O)N1CCc2c(c(C(=O)O)nn2C)C1)N1CCc2ccccc2C1. The summed E-state index contributed by atoms with van der Waals surface area (Å²) in [5.41, 5.74) is 4.28. The van der Waals surface area contributed by atoms with E-state index in [1.807, 2.05) is 13.0 Å². The summed E-state index contributed by atoms with van der Waals surface area (Å²) in [6.07, 6.45) is 1.58. The Morgan fingerprint density at radius 1 is 1.11 bits per heavy atom. The first-order valence-corrected chi connectivity index (χ1v) is 9.33. The van der Waals surface area contributed by atoms with Crippen LogP contribution in [0.4, 0.5) is 0 Å². The zero-order valence-corrected chi connectivity index (χ0v) is 15.7. The average Bonchev–Trinajstić information content (AvgIpc) is 3.03. The van der Waals surface area contributed by atoms with Crippen molar-refractivity contribution < 1.29 is 14.7 Å². The first-order valence-electron chi connectivity index (χ1n) is 9.33. The minimum absolute atomic E-state index is 0.0558. The average molecular weight is 368 g/mol. The molecular weight excluding hydrogens is 344 g/mol. The Bertz CT molecular complexity index is 905. The molecule has 0 fully saturated rings. The Morgan fingerprint density at radius 3 is 2.59 bits per heavy atom. The van der Waals surface area contributed by atoms with E-state index in [4.69, 9.17) is 0 Å². The highest BCUT2D eigenvalue weighted by atomic mass is 16.4. The molecule has 1 atom stereocenters. The molecule has 0 saturated carbocycles. The fourth-order valence-electron chi connectivity index (χ4n) is 4.22. The van der Waals surface area contributed by atoms with E-state index in [2.05, 4.69) is 28.2 Å². The Morgan fingerprint density at radius 2 is 1.85 bits per heavy atom. The van der Waals surface area contributed by atoms with Gasteiger partial charge in [0.05, 0.1) is 6.04 Å². The van der Waals surface area contributed by atoms with Crippen molar-refractivity contribution in [2.45, 2.75) is 38.9 Å². The number of hydrogen-bond donors (Lipinski definition) is 1. The van der Waals surface area contributed by atoms with Crippen LogP contribution in [0.1, 0.15) is 39.8 Å². The predicted octanol–water partition coefficient (Wildman–Crippen LogP) is 1.45. The van der Waals surface area contributed by atoms with Crippen molar-refractivity contribution in [3.63, 3.8) is 0 Å². The van der Waals surface area contributed by atoms with Gasteiger partial charge in [0.15, 0.2) is 5.69 Å². The quantitative estimate of drug-likeness (QED) is 0.887. The number of carbonyl (C=O) groups excluding carboxylic acids is 1. The second kappa shape index (κ2) is 6.81. The number of aryl methyl sites for hydroxylation is 1. The summed E-state index contributed by atoms with van der Waals surface area (Å²) in [6, 6.07) is 8.14. The van der Waals surface area contributed by atoms with Gasteiger partial charge >= 0.3 is 5.97 Å². The molecule has 1 aromatic carbocycles. The summed E-state index contributed by atoms with van der Waals surface area (Å²) in [5.74, 6) is -0.984. The smallest absolute Gasteiger partial charge is 0.356 e. The van der Waals surface area contributed by atoms with E-state index in [1.54, 1.807) is 16.6 Å². The lowest BCUT2D eigenvalue weighted by atomic mass is 9.98. The number of aromatic carboxylic acids is 1. The molecule has 142 valence electrons. The number of carboxylic acid groups (broad SMARTS) is 1. The van der Waals surface area contributed by atoms with Gasteiger partial charge in [-0.05, 0) is 24.5 Å². The molecule has 0 bridgehead atoms. The number of carboxylic acids is 1. The molecule has 0 aliphatic carbocycles. The monoisotopic (exact) mass is 368 g/mol. The Balaban J connectivity index is 1.50. The highest BCUT2D eigenvalue weighted by molar-refractivity contribution is 5.88. The molecular formula is C20H24N4O3. The number of aromatic nitrogens is 2. The number of fused-ring (bicyclic) bond motifs is 2. The van der Waals surface area contributed by atoms with Crippen molar-refractivity contribution in [2.75, 3.05) is 13.1 Å². The minimum atomic E-state index is -1.04. The van der Waals surface area contributed by atoms with Crippen molar-refractivity contribution in [1.82, 2.24) is 19.6 Å². The fraction of sp³-hybridized carbons (Fsp3) is 0.450. The maximum absolute atomic E-state index is 13.1. The molecule has 2 aliphatic heterocycles. The number of carbonyl (C=O) groups is 2. The van der Waals surface area contributed by atoms with Crippen LogP contribution < -0.4 is 0 Å². The second-order valence-corrected chi connectivity index (χ2v) is 7.38. The van der Waals surface area contributed by atoms with E-state index in [-0.39, 0.29) is 17.6 Å². The molecule has 2 aliphatic rings. The van der Waals surface area contributed by atoms with E-state index >= 15 is 0 Å². The second-order valence-electron chi connectivity index (χ2n) is 7.38. The van der Waals surface area contributed by atoms with Gasteiger partial charge in [-0.15, -0.1) is 0 Å². The van der Waals surface area contributed by atoms with Gasteiger partial charge in [-0.2, -0.15) is 5.10 Å². The van der Waals surface area contributed by atoms with E-state index < -0.39 is 5.97 Å². The Labute approximate surface area is 158 Å². The number of benzene rings is 1. The highest BCUT2D eigenvalue weighted by Gasteiger charge is 2.33. The number of rotatable bonds is 3. The van der Waals surface area contributed by atoms with Crippen LogP contribution >= 0.6 is 0 Å². The first kappa shape index (κ1) is 17.7. The van der Waals surface area contributed by atoms with Crippen LogP contribution in [0.25, 0.3) is 0 Å². The van der Waals surface area contributed by atoms with Crippen LogP contribution in [0.2, 0.25) is 0 Å². The van der Waals surface area contributed by atoms with Crippen molar-refractivity contribution in [1.29, 1.82) is 0 Å². The molecule has 0 radical (unpaired) electrons. The summed E-state index contributed by atoms with van der Waals surface area (Å²) in [7, 11) is 1.76. The lowest BCUT2D eigenvalue weighted by molar-refractivity contribution is -0.137. The molecule has 1 unspecified atom stereocenters. The number of hydrogen-bond acceptors (Lipinski definition) is 4. The molecule has 2 aromatic rings. The third-order valence-electron chi connectivity index (χ3n) is 5.82. The van der Waals surface area contributed by atoms with E-state index in [9.17, 15) is 14.7 Å². The number of amides is 1. The summed E-state index contributed by atoms with van der Waals surface area (Å²) in [5, 5.41) is 13.5. The van der Waals surface area contributed by atoms with Crippen molar-refractivity contribution in [3.8, 4) is 0 Å². The van der Waals surface area contributed by atoms with Gasteiger partial charge in [0.1, 0.15) is 0 Å². The lowest BCUT2D eigenvalue weighted by Gasteiger charge is -2.37. The van der Waals surface area contributed by atoms with Gasteiger partial charge in [-0.3, -0.25) is 14.4 Å². The van der Waals surface area contributed by atoms with Crippen molar-refractivity contribution >= 4 is 11.9 Å². The minimum Gasteiger partial charge on any atom is -0.476 e. The summed E-state index contributed by atoms with van der Waals surface area (Å²) in [6.45, 7) is 4.50. The largest absolute Gasteiger partial charge is 0.476 e. The van der Waals surface area contributed by atoms with Crippen LogP contribution in [-0.2, 0) is 37.8 Å². The maximum Gasteiger partial charge on any atom is 0.356 e. The van der Waals surface area contributed by atoms with Crippen LogP contribution in [0.3, 0.4) is 0 Å². The Hall–Kier alpha value is -2.67. The summed E-state index contributed by atoms with van der Waals surface area (Å²) >= 11 is 0. The van der Waals surface area contributed by atoms with Gasteiger partial charge in [0.2, 0.25) is 5.91 Å². The third-order valence-corrected chi connectivity index (χ3v) is 5.82. The standard InChI is InChI=1S/C20H24N4O3/c1-13(23-9-7-14-5-3-4-6-15(14)11-23)19(25)24-10-8-17-16(12-24)18(20(26)27)21-22(17)2/h3-6,13H,7-12H2,1-2H3,(H,26,27). The first-order chi connectivity index (χ1) is 13.0. The molecule has 0 spiro atoms. The van der Waals surface area contributed by atoms with Gasteiger partial charge < -0.3 is 10.0 Å². The van der Waals surface area contributed by atoms with Gasteiger partial charge in [0, 0.05) is 50.9 Å². The lowest BCUT2D eigenvalue weighted by Crippen LogP contribution is -2.50. The molecule has 4 rings (SSSR count). The van der Waals surface area contributed by atoms with Crippen molar-refractivity contribution in [2.24, 2.45) is 7.05 Å². The van der Waals surface area contributed by atoms with Gasteiger partial charge in [-0.25, -0.2) is 4.79 Å². The van der Waals surface area contributed by atoms with Gasteiger partial charge in [0.25, 0.3) is 0 Å². The van der Waals surface area contributed by atoms with Crippen molar-refractivity contribution in [3.05, 3.63) is 52.3 Å². The van der Waals surface area contributed by atoms with E-state index in [1.165, 1.54) is 11.1 Å². The Kier molecular flexibility index (Phi) is 4.47. The predicted molar refractivity (Wildman–Crippen MR) is 99.3 cm³/mol. The molecule has 27 heavy (non-hydrogen) atoms. The summed E-state index contributed by atoms with van der Waals surface area (Å²) in [4.78, 5) is 28.6. The van der Waals surface area contributed by atoms with E-state index in [0.717, 1.165) is 25.2 Å². The number of nitrogens with zero attached hydrogens (tertiary/aromatic N) is 4. The fourth-order valence-corrected chi connectivity index (χ4v) is 4.22. The topological polar surface area (TPSA) is 78.7 Å². The van der Waals surface area contributed by atoms with Crippen LogP contribution in [0.5, 0.6) is 0 Å². The molecule has 0 saturated heterocycles. The molecule has 3 heterocycles. The zero-order valence-electron chi connectivity index (χ0n) is 15.7. The molecule has 7 nitrogen and oxygen atoms in total. The van der Waals surface area contributed by atoms with E-state index in [0.29, 0.717) is 25.1 Å². The summed E-state index contributed by atoms with van der Waals surface area (Å²) < 4.78 is 1.63. The van der Waals surface area contributed by atoms with Crippen LogP contribution in [0.15, 0.2) is 24.3 Å². The zero-order chi connectivity index (χ0) is 19.1. The molecule has 1 N–H and O–H groups in total. The van der Waals surface area contributed by atoms with Crippen LogP contribution in [-0.4, -0.2) is 55.7 Å². The molecule has 1 amide bonds. The highest BCUT2D eigenvalue weighted by Crippen LogP contribution is 2.25. The molecule has 7 heteroatoms. The third kappa shape index (κ3) is 3.12. The van der Waals surface area contributed by atoms with Gasteiger partial charge in [-0.1, -0.05) is 24.3 Å².